The van der Waals surface area contributed by atoms with Crippen molar-refractivity contribution in [2.45, 2.75) is 33.3 Å². The third kappa shape index (κ3) is 3.33. The predicted molar refractivity (Wildman–Crippen MR) is 83.0 cm³/mol. The van der Waals surface area contributed by atoms with Crippen LogP contribution in [-0.4, -0.2) is 21.0 Å². The van der Waals surface area contributed by atoms with E-state index in [1.807, 2.05) is 38.1 Å². The first-order chi connectivity index (χ1) is 10.4. The second-order valence-corrected chi connectivity index (χ2v) is 5.06. The number of carboxylic acid groups (broad SMARTS) is 1. The third-order valence-electron chi connectivity index (χ3n) is 3.32. The molecule has 22 heavy (non-hydrogen) atoms. The zero-order valence-electron chi connectivity index (χ0n) is 12.8. The summed E-state index contributed by atoms with van der Waals surface area (Å²) in [6.45, 7) is 5.49. The molecule has 0 aliphatic rings. The number of nitrogen functional groups attached to an aromatic ring is 1. The molecule has 0 amide bonds. The van der Waals surface area contributed by atoms with Crippen molar-refractivity contribution in [3.8, 4) is 5.75 Å². The highest BCUT2D eigenvalue weighted by Gasteiger charge is 2.24. The summed E-state index contributed by atoms with van der Waals surface area (Å²) in [6.07, 6.45) is 0.0575. The molecular weight excluding hydrogens is 282 g/mol. The molecule has 1 aromatic carbocycles. The number of rotatable bonds is 5. The third-order valence-corrected chi connectivity index (χ3v) is 3.32. The Morgan fingerprint density at radius 2 is 1.91 bits per heavy atom. The molecule has 1 aromatic heterocycles. The Balaban J connectivity index is 2.42. The second-order valence-electron chi connectivity index (χ2n) is 5.06. The number of ether oxygens (including phenoxy) is 1. The topological polar surface area (TPSA) is 98.3 Å². The van der Waals surface area contributed by atoms with E-state index in [0.717, 1.165) is 5.56 Å². The van der Waals surface area contributed by atoms with Crippen LogP contribution >= 0.6 is 0 Å². The second kappa shape index (κ2) is 6.43. The fourth-order valence-corrected chi connectivity index (χ4v) is 2.23. The quantitative estimate of drug-likeness (QED) is 0.881. The van der Waals surface area contributed by atoms with Gasteiger partial charge in [0.1, 0.15) is 23.1 Å². The molecule has 2 rings (SSSR count). The summed E-state index contributed by atoms with van der Waals surface area (Å²) in [5, 5.41) is 9.41. The van der Waals surface area contributed by atoms with Crippen molar-refractivity contribution in [3.63, 3.8) is 0 Å². The van der Waals surface area contributed by atoms with Gasteiger partial charge in [-0.15, -0.1) is 0 Å². The molecule has 6 nitrogen and oxygen atoms in total. The summed E-state index contributed by atoms with van der Waals surface area (Å²) >= 11 is 0. The molecule has 0 saturated carbocycles. The van der Waals surface area contributed by atoms with E-state index in [2.05, 4.69) is 9.97 Å². The first-order valence-corrected chi connectivity index (χ1v) is 7.03. The van der Waals surface area contributed by atoms with Gasteiger partial charge in [-0.05, 0) is 32.4 Å². The maximum absolute atomic E-state index is 11.5. The van der Waals surface area contributed by atoms with Crippen LogP contribution in [-0.2, 0) is 0 Å². The summed E-state index contributed by atoms with van der Waals surface area (Å²) in [5.74, 6) is -0.384. The van der Waals surface area contributed by atoms with Gasteiger partial charge in [-0.2, -0.15) is 0 Å². The number of aromatic nitrogens is 2. The van der Waals surface area contributed by atoms with Crippen molar-refractivity contribution in [3.05, 3.63) is 46.8 Å². The molecule has 0 aliphatic carbocycles. The van der Waals surface area contributed by atoms with Crippen molar-refractivity contribution in [2.24, 2.45) is 0 Å². The van der Waals surface area contributed by atoms with Gasteiger partial charge >= 0.3 is 5.97 Å². The Bertz CT molecular complexity index is 684. The van der Waals surface area contributed by atoms with Gasteiger partial charge in [0.15, 0.2) is 0 Å². The van der Waals surface area contributed by atoms with Gasteiger partial charge in [0.2, 0.25) is 5.95 Å². The number of hydrogen-bond donors (Lipinski definition) is 2. The maximum atomic E-state index is 11.5. The number of aryl methyl sites for hydroxylation is 2. The highest BCUT2D eigenvalue weighted by molar-refractivity contribution is 5.90. The van der Waals surface area contributed by atoms with Crippen molar-refractivity contribution in [2.75, 3.05) is 5.73 Å². The van der Waals surface area contributed by atoms with Gasteiger partial charge in [0.25, 0.3) is 0 Å². The van der Waals surface area contributed by atoms with Crippen LogP contribution in [0.3, 0.4) is 0 Å². The number of hydrogen-bond acceptors (Lipinski definition) is 5. The average molecular weight is 301 g/mol. The van der Waals surface area contributed by atoms with E-state index in [1.165, 1.54) is 0 Å². The lowest BCUT2D eigenvalue weighted by Crippen LogP contribution is -2.18. The molecule has 116 valence electrons. The monoisotopic (exact) mass is 301 g/mol. The van der Waals surface area contributed by atoms with Crippen LogP contribution in [0.25, 0.3) is 0 Å². The van der Waals surface area contributed by atoms with Crippen LogP contribution in [0.4, 0.5) is 5.95 Å². The van der Waals surface area contributed by atoms with Crippen LogP contribution in [0.5, 0.6) is 5.75 Å². The van der Waals surface area contributed by atoms with Crippen LogP contribution in [0.15, 0.2) is 24.3 Å². The highest BCUT2D eigenvalue weighted by atomic mass is 16.5. The van der Waals surface area contributed by atoms with Crippen LogP contribution in [0, 0.1) is 13.8 Å². The lowest BCUT2D eigenvalue weighted by Gasteiger charge is -2.20. The molecule has 0 saturated heterocycles. The summed E-state index contributed by atoms with van der Waals surface area (Å²) in [5.41, 5.74) is 7.47. The van der Waals surface area contributed by atoms with Crippen molar-refractivity contribution >= 4 is 11.9 Å². The molecule has 0 aliphatic heterocycles. The first kappa shape index (κ1) is 15.8. The van der Waals surface area contributed by atoms with Gasteiger partial charge in [0, 0.05) is 0 Å². The van der Waals surface area contributed by atoms with Crippen LogP contribution in [0.2, 0.25) is 0 Å². The lowest BCUT2D eigenvalue weighted by molar-refractivity contribution is 0.0688. The average Bonchev–Trinajstić information content (AvgIpc) is 2.45. The molecular formula is C16H19N3O3. The molecule has 1 unspecified atom stereocenters. The molecule has 0 bridgehead atoms. The fraction of sp³-hybridized carbons (Fsp3) is 0.312. The Labute approximate surface area is 129 Å². The summed E-state index contributed by atoms with van der Waals surface area (Å²) < 4.78 is 5.90. The predicted octanol–water partition coefficient (Wildman–Crippen LogP) is 2.90. The Kier molecular flexibility index (Phi) is 4.60. The van der Waals surface area contributed by atoms with Gasteiger partial charge in [-0.1, -0.05) is 24.6 Å². The Morgan fingerprint density at radius 3 is 2.45 bits per heavy atom. The smallest absolute Gasteiger partial charge is 0.339 e. The summed E-state index contributed by atoms with van der Waals surface area (Å²) in [4.78, 5) is 19.5. The molecule has 3 N–H and O–H groups in total. The SMILES string of the molecule is CCC(Oc1ccc(C)cc1)c1nc(N)nc(C)c1C(=O)O. The number of anilines is 1. The number of aromatic carboxylic acids is 1. The van der Waals surface area contributed by atoms with Gasteiger partial charge < -0.3 is 15.6 Å². The van der Waals surface area contributed by atoms with E-state index in [1.54, 1.807) is 6.92 Å². The van der Waals surface area contributed by atoms with Crippen LogP contribution < -0.4 is 10.5 Å². The van der Waals surface area contributed by atoms with E-state index in [0.29, 0.717) is 23.6 Å². The van der Waals surface area contributed by atoms with Gasteiger partial charge in [0.05, 0.1) is 5.69 Å². The number of nitrogens with zero attached hydrogens (tertiary/aromatic N) is 2. The minimum absolute atomic E-state index is 0.0449. The molecule has 0 fully saturated rings. The normalized spacial score (nSPS) is 12.0. The summed E-state index contributed by atoms with van der Waals surface area (Å²) in [7, 11) is 0. The Hall–Kier alpha value is -2.63. The minimum atomic E-state index is -1.08. The van der Waals surface area contributed by atoms with Crippen LogP contribution in [0.1, 0.15) is 46.8 Å². The van der Waals surface area contributed by atoms with E-state index >= 15 is 0 Å². The molecule has 6 heteroatoms. The number of carboxylic acids is 1. The maximum Gasteiger partial charge on any atom is 0.339 e. The Morgan fingerprint density at radius 1 is 1.27 bits per heavy atom. The zero-order valence-corrected chi connectivity index (χ0v) is 12.8. The standard InChI is InChI=1S/C16H19N3O3/c1-4-12(22-11-7-5-9(2)6-8-11)14-13(15(20)21)10(3)18-16(17)19-14/h5-8,12H,4H2,1-3H3,(H,20,21)(H2,17,18,19). The number of benzene rings is 1. The van der Waals surface area contributed by atoms with Gasteiger partial charge in [-0.3, -0.25) is 0 Å². The summed E-state index contributed by atoms with van der Waals surface area (Å²) in [6, 6.07) is 7.55. The van der Waals surface area contributed by atoms with E-state index in [4.69, 9.17) is 10.5 Å². The van der Waals surface area contributed by atoms with Crippen molar-refractivity contribution in [1.82, 2.24) is 9.97 Å². The minimum Gasteiger partial charge on any atom is -0.484 e. The lowest BCUT2D eigenvalue weighted by atomic mass is 10.1. The van der Waals surface area contributed by atoms with Gasteiger partial charge in [-0.25, -0.2) is 14.8 Å². The van der Waals surface area contributed by atoms with Crippen molar-refractivity contribution < 1.29 is 14.6 Å². The number of carbonyl (C=O) groups is 1. The largest absolute Gasteiger partial charge is 0.484 e. The van der Waals surface area contributed by atoms with Crippen molar-refractivity contribution in [1.29, 1.82) is 0 Å². The molecule has 2 aromatic rings. The molecule has 0 spiro atoms. The molecule has 1 heterocycles. The molecule has 1 atom stereocenters. The zero-order chi connectivity index (χ0) is 16.3. The number of nitrogens with two attached hydrogens (primary N) is 1. The molecule has 0 radical (unpaired) electrons. The highest BCUT2D eigenvalue weighted by Crippen LogP contribution is 2.27. The van der Waals surface area contributed by atoms with E-state index in [9.17, 15) is 9.90 Å². The van der Waals surface area contributed by atoms with E-state index in [-0.39, 0.29) is 11.5 Å². The van der Waals surface area contributed by atoms with E-state index < -0.39 is 12.1 Å². The fourth-order valence-electron chi connectivity index (χ4n) is 2.23. The first-order valence-electron chi connectivity index (χ1n) is 7.03.